The number of hydrogen-bond acceptors (Lipinski definition) is 4. The van der Waals surface area contributed by atoms with E-state index in [1.54, 1.807) is 12.1 Å². The molecule has 0 aliphatic rings. The van der Waals surface area contributed by atoms with Crippen LogP contribution in [0.4, 0.5) is 5.69 Å². The van der Waals surface area contributed by atoms with Crippen molar-refractivity contribution < 1.29 is 19.1 Å². The Bertz CT molecular complexity index is 937. The van der Waals surface area contributed by atoms with E-state index in [0.717, 1.165) is 16.7 Å². The molecule has 0 aliphatic heterocycles. The van der Waals surface area contributed by atoms with Gasteiger partial charge < -0.3 is 15.4 Å². The van der Waals surface area contributed by atoms with Crippen molar-refractivity contribution in [1.29, 1.82) is 0 Å². The molecule has 0 heterocycles. The number of aryl methyl sites for hydroxylation is 3. The number of carbonyl (C=O) groups excluding carboxylic acids is 3. The van der Waals surface area contributed by atoms with Gasteiger partial charge in [-0.05, 0) is 62.4 Å². The van der Waals surface area contributed by atoms with Gasteiger partial charge in [0.1, 0.15) is 6.04 Å². The Hall–Kier alpha value is -3.15. The Morgan fingerprint density at radius 2 is 1.57 bits per heavy atom. The van der Waals surface area contributed by atoms with Gasteiger partial charge in [-0.1, -0.05) is 44.2 Å². The third kappa shape index (κ3) is 5.92. The predicted molar refractivity (Wildman–Crippen MR) is 117 cm³/mol. The standard InChI is InChI=1S/C24H30N2O4/c1-14(2)21(26-23(28)19-10-8-7-9-16(19)4)24(29)30-18(6)22(27)25-20-13-15(3)11-12-17(20)5/h7-14,18,21H,1-6H3,(H,25,27)(H,26,28)/t18-,21+/m1/s1. The minimum Gasteiger partial charge on any atom is -0.451 e. The average Bonchev–Trinajstić information content (AvgIpc) is 2.68. The predicted octanol–water partition coefficient (Wildman–Crippen LogP) is 3.94. The first-order valence-electron chi connectivity index (χ1n) is 10.0. The summed E-state index contributed by atoms with van der Waals surface area (Å²) in [7, 11) is 0. The van der Waals surface area contributed by atoms with Gasteiger partial charge in [0.05, 0.1) is 0 Å². The summed E-state index contributed by atoms with van der Waals surface area (Å²) in [5.74, 6) is -1.63. The van der Waals surface area contributed by atoms with E-state index < -0.39 is 24.0 Å². The largest absolute Gasteiger partial charge is 0.451 e. The summed E-state index contributed by atoms with van der Waals surface area (Å²) in [6, 6.07) is 12.0. The van der Waals surface area contributed by atoms with E-state index in [-0.39, 0.29) is 11.8 Å². The Balaban J connectivity index is 2.05. The van der Waals surface area contributed by atoms with Gasteiger partial charge in [0.25, 0.3) is 11.8 Å². The topological polar surface area (TPSA) is 84.5 Å². The van der Waals surface area contributed by atoms with Crippen LogP contribution in [0.25, 0.3) is 0 Å². The fraction of sp³-hybridized carbons (Fsp3) is 0.375. The maximum absolute atomic E-state index is 12.7. The van der Waals surface area contributed by atoms with Gasteiger partial charge in [-0.3, -0.25) is 9.59 Å². The van der Waals surface area contributed by atoms with Gasteiger partial charge in [0, 0.05) is 11.3 Å². The first-order valence-corrected chi connectivity index (χ1v) is 10.0. The molecule has 0 saturated heterocycles. The second kappa shape index (κ2) is 10.1. The van der Waals surface area contributed by atoms with Crippen molar-refractivity contribution in [3.63, 3.8) is 0 Å². The van der Waals surface area contributed by atoms with E-state index in [9.17, 15) is 14.4 Å². The third-order valence-corrected chi connectivity index (χ3v) is 4.91. The van der Waals surface area contributed by atoms with Gasteiger partial charge in [-0.15, -0.1) is 0 Å². The number of amides is 2. The third-order valence-electron chi connectivity index (χ3n) is 4.91. The molecule has 2 amide bonds. The van der Waals surface area contributed by atoms with Gasteiger partial charge in [-0.25, -0.2) is 4.79 Å². The van der Waals surface area contributed by atoms with Crippen LogP contribution in [0.15, 0.2) is 42.5 Å². The van der Waals surface area contributed by atoms with Crippen molar-refractivity contribution in [3.8, 4) is 0 Å². The summed E-state index contributed by atoms with van der Waals surface area (Å²) in [6.07, 6.45) is -1.01. The Labute approximate surface area is 178 Å². The molecule has 2 rings (SSSR count). The maximum Gasteiger partial charge on any atom is 0.329 e. The first-order chi connectivity index (χ1) is 14.1. The Kier molecular flexibility index (Phi) is 7.75. The van der Waals surface area contributed by atoms with Crippen molar-refractivity contribution in [2.45, 2.75) is 53.7 Å². The highest BCUT2D eigenvalue weighted by Gasteiger charge is 2.29. The molecule has 2 atom stereocenters. The molecular formula is C24H30N2O4. The molecule has 160 valence electrons. The smallest absolute Gasteiger partial charge is 0.329 e. The van der Waals surface area contributed by atoms with Crippen molar-refractivity contribution in [3.05, 3.63) is 64.7 Å². The van der Waals surface area contributed by atoms with Gasteiger partial charge >= 0.3 is 5.97 Å². The van der Waals surface area contributed by atoms with E-state index in [1.807, 2.05) is 65.0 Å². The van der Waals surface area contributed by atoms with Crippen LogP contribution in [0.5, 0.6) is 0 Å². The molecule has 30 heavy (non-hydrogen) atoms. The van der Waals surface area contributed by atoms with Gasteiger partial charge in [0.2, 0.25) is 0 Å². The van der Waals surface area contributed by atoms with Crippen LogP contribution in [0.1, 0.15) is 47.8 Å². The molecule has 2 aromatic carbocycles. The van der Waals surface area contributed by atoms with Gasteiger partial charge in [-0.2, -0.15) is 0 Å². The molecule has 0 aromatic heterocycles. The van der Waals surface area contributed by atoms with Crippen LogP contribution in [0, 0.1) is 26.7 Å². The molecule has 0 saturated carbocycles. The van der Waals surface area contributed by atoms with E-state index in [1.165, 1.54) is 6.92 Å². The Morgan fingerprint density at radius 1 is 0.900 bits per heavy atom. The quantitative estimate of drug-likeness (QED) is 0.677. The van der Waals surface area contributed by atoms with Crippen molar-refractivity contribution >= 4 is 23.5 Å². The molecular weight excluding hydrogens is 380 g/mol. The van der Waals surface area contributed by atoms with E-state index in [4.69, 9.17) is 4.74 Å². The summed E-state index contributed by atoms with van der Waals surface area (Å²) < 4.78 is 5.38. The summed E-state index contributed by atoms with van der Waals surface area (Å²) in [4.78, 5) is 37.8. The number of benzene rings is 2. The van der Waals surface area contributed by atoms with E-state index in [2.05, 4.69) is 10.6 Å². The number of esters is 1. The highest BCUT2D eigenvalue weighted by atomic mass is 16.5. The van der Waals surface area contributed by atoms with Crippen LogP contribution in [-0.4, -0.2) is 29.9 Å². The van der Waals surface area contributed by atoms with E-state index >= 15 is 0 Å². The zero-order chi connectivity index (χ0) is 22.4. The maximum atomic E-state index is 12.7. The van der Waals surface area contributed by atoms with E-state index in [0.29, 0.717) is 11.3 Å². The number of nitrogens with one attached hydrogen (secondary N) is 2. The highest BCUT2D eigenvalue weighted by molar-refractivity contribution is 5.99. The monoisotopic (exact) mass is 410 g/mol. The highest BCUT2D eigenvalue weighted by Crippen LogP contribution is 2.17. The van der Waals surface area contributed by atoms with Crippen LogP contribution in [0.2, 0.25) is 0 Å². The first kappa shape index (κ1) is 23.1. The van der Waals surface area contributed by atoms with Crippen LogP contribution >= 0.6 is 0 Å². The molecule has 2 N–H and O–H groups in total. The molecule has 0 spiro atoms. The fourth-order valence-corrected chi connectivity index (χ4v) is 2.95. The van der Waals surface area contributed by atoms with Crippen LogP contribution in [-0.2, 0) is 14.3 Å². The lowest BCUT2D eigenvalue weighted by Crippen LogP contribution is -2.47. The minimum absolute atomic E-state index is 0.209. The van der Waals surface area contributed by atoms with Gasteiger partial charge in [0.15, 0.2) is 6.10 Å². The SMILES string of the molecule is Cc1ccc(C)c(NC(=O)[C@@H](C)OC(=O)[C@@H](NC(=O)c2ccccc2C)C(C)C)c1. The zero-order valence-corrected chi connectivity index (χ0v) is 18.4. The molecule has 0 aliphatic carbocycles. The minimum atomic E-state index is -1.01. The number of hydrogen-bond donors (Lipinski definition) is 2. The molecule has 0 bridgehead atoms. The second-order valence-electron chi connectivity index (χ2n) is 7.90. The Morgan fingerprint density at radius 3 is 2.20 bits per heavy atom. The van der Waals surface area contributed by atoms with Crippen molar-refractivity contribution in [1.82, 2.24) is 5.32 Å². The van der Waals surface area contributed by atoms with Crippen molar-refractivity contribution in [2.24, 2.45) is 5.92 Å². The number of ether oxygens (including phenoxy) is 1. The number of anilines is 1. The van der Waals surface area contributed by atoms with Crippen LogP contribution in [0.3, 0.4) is 0 Å². The molecule has 2 aromatic rings. The lowest BCUT2D eigenvalue weighted by atomic mass is 10.0. The lowest BCUT2D eigenvalue weighted by molar-refractivity contribution is -0.156. The summed E-state index contributed by atoms with van der Waals surface area (Å²) >= 11 is 0. The average molecular weight is 411 g/mol. The summed E-state index contributed by atoms with van der Waals surface area (Å²) in [5, 5.41) is 5.53. The lowest BCUT2D eigenvalue weighted by Gasteiger charge is -2.23. The second-order valence-corrected chi connectivity index (χ2v) is 7.90. The molecule has 6 heteroatoms. The summed E-state index contributed by atoms with van der Waals surface area (Å²) in [6.45, 7) is 10.8. The fourth-order valence-electron chi connectivity index (χ4n) is 2.95. The number of rotatable bonds is 7. The molecule has 0 unspecified atom stereocenters. The normalized spacial score (nSPS) is 12.8. The molecule has 0 fully saturated rings. The zero-order valence-electron chi connectivity index (χ0n) is 18.4. The molecule has 6 nitrogen and oxygen atoms in total. The number of carbonyl (C=O) groups is 3. The van der Waals surface area contributed by atoms with Crippen LogP contribution < -0.4 is 10.6 Å². The van der Waals surface area contributed by atoms with Crippen molar-refractivity contribution in [2.75, 3.05) is 5.32 Å². The summed E-state index contributed by atoms with van der Waals surface area (Å²) in [5.41, 5.74) is 3.91. The molecule has 0 radical (unpaired) electrons.